The fraction of sp³-hybridized carbons (Fsp3) is 0.100. The molecule has 0 N–H and O–H groups in total. The third-order valence-electron chi connectivity index (χ3n) is 4.13. The molecule has 126 valence electrons. The highest BCUT2D eigenvalue weighted by atomic mass is 32.2. The molecule has 0 aliphatic rings. The smallest absolute Gasteiger partial charge is 0.189 e. The fourth-order valence-corrected chi connectivity index (χ4v) is 3.29. The Morgan fingerprint density at radius 3 is 2.73 bits per heavy atom. The second-order valence-corrected chi connectivity index (χ2v) is 6.48. The van der Waals surface area contributed by atoms with E-state index >= 15 is 0 Å². The molecular weight excluding hydrogens is 342 g/mol. The van der Waals surface area contributed by atoms with Crippen LogP contribution in [-0.4, -0.2) is 25.8 Å². The molecule has 0 bridgehead atoms. The van der Waals surface area contributed by atoms with Crippen molar-refractivity contribution in [2.45, 2.75) is 11.6 Å². The molecule has 0 aliphatic carbocycles. The van der Waals surface area contributed by atoms with E-state index in [0.29, 0.717) is 5.16 Å². The van der Waals surface area contributed by atoms with E-state index in [9.17, 15) is 5.26 Å². The average Bonchev–Trinajstić information content (AvgIpc) is 3.11. The first kappa shape index (κ1) is 16.3. The maximum atomic E-state index is 9.18. The van der Waals surface area contributed by atoms with Crippen LogP contribution in [0.15, 0.2) is 66.1 Å². The van der Waals surface area contributed by atoms with Crippen molar-refractivity contribution in [1.82, 2.24) is 19.5 Å². The van der Waals surface area contributed by atoms with Crippen LogP contribution in [0, 0.1) is 11.3 Å². The van der Waals surface area contributed by atoms with E-state index < -0.39 is 0 Å². The minimum atomic E-state index is 0.263. The highest BCUT2D eigenvalue weighted by Gasteiger charge is 2.15. The van der Waals surface area contributed by atoms with Crippen LogP contribution in [-0.2, 0) is 6.42 Å². The maximum Gasteiger partial charge on any atom is 0.189 e. The summed E-state index contributed by atoms with van der Waals surface area (Å²) in [4.78, 5) is 13.4. The number of nitriles is 1. The molecule has 5 nitrogen and oxygen atoms in total. The zero-order valence-corrected chi connectivity index (χ0v) is 14.9. The van der Waals surface area contributed by atoms with Crippen LogP contribution in [0.4, 0.5) is 0 Å². The van der Waals surface area contributed by atoms with Gasteiger partial charge in [-0.25, -0.2) is 15.0 Å². The first-order valence-corrected chi connectivity index (χ1v) is 9.33. The summed E-state index contributed by atoms with van der Waals surface area (Å²) in [5, 5.41) is 12.2. The molecule has 26 heavy (non-hydrogen) atoms. The largest absolute Gasteiger partial charge is 0.280 e. The van der Waals surface area contributed by atoms with Gasteiger partial charge in [0.25, 0.3) is 0 Å². The number of nitrogens with zero attached hydrogens (tertiary/aromatic N) is 5. The van der Waals surface area contributed by atoms with Crippen LogP contribution >= 0.6 is 11.8 Å². The highest BCUT2D eigenvalue weighted by Crippen LogP contribution is 2.27. The second-order valence-electron chi connectivity index (χ2n) is 5.71. The lowest BCUT2D eigenvalue weighted by Gasteiger charge is -2.11. The number of imidazole rings is 1. The van der Waals surface area contributed by atoms with Crippen LogP contribution in [0.5, 0.6) is 0 Å². The molecule has 0 unspecified atom stereocenters. The van der Waals surface area contributed by atoms with Gasteiger partial charge >= 0.3 is 0 Å². The molecule has 0 atom stereocenters. The van der Waals surface area contributed by atoms with E-state index in [0.717, 1.165) is 28.3 Å². The van der Waals surface area contributed by atoms with Gasteiger partial charge < -0.3 is 0 Å². The summed E-state index contributed by atoms with van der Waals surface area (Å²) in [5.74, 6) is 1.49. The summed E-state index contributed by atoms with van der Waals surface area (Å²) < 4.78 is 1.94. The monoisotopic (exact) mass is 357 g/mol. The van der Waals surface area contributed by atoms with Crippen molar-refractivity contribution in [3.63, 3.8) is 0 Å². The van der Waals surface area contributed by atoms with Crippen molar-refractivity contribution in [2.24, 2.45) is 0 Å². The van der Waals surface area contributed by atoms with Crippen LogP contribution in [0.3, 0.4) is 0 Å². The van der Waals surface area contributed by atoms with Crippen molar-refractivity contribution in [2.75, 3.05) is 6.26 Å². The van der Waals surface area contributed by atoms with Gasteiger partial charge in [0.1, 0.15) is 11.6 Å². The molecule has 2 aromatic carbocycles. The molecule has 6 heteroatoms. The first-order valence-electron chi connectivity index (χ1n) is 8.10. The molecule has 0 amide bonds. The maximum absolute atomic E-state index is 9.18. The van der Waals surface area contributed by atoms with Crippen molar-refractivity contribution in [3.8, 4) is 23.3 Å². The van der Waals surface area contributed by atoms with Crippen molar-refractivity contribution in [1.29, 1.82) is 5.26 Å². The molecule has 0 spiro atoms. The summed E-state index contributed by atoms with van der Waals surface area (Å²) in [6.07, 6.45) is 5.68. The van der Waals surface area contributed by atoms with Gasteiger partial charge in [-0.1, -0.05) is 48.2 Å². The van der Waals surface area contributed by atoms with Crippen molar-refractivity contribution >= 4 is 22.5 Å². The molecule has 4 aromatic rings. The normalized spacial score (nSPS) is 10.8. The summed E-state index contributed by atoms with van der Waals surface area (Å²) in [7, 11) is 0. The van der Waals surface area contributed by atoms with Gasteiger partial charge in [0.15, 0.2) is 5.16 Å². The van der Waals surface area contributed by atoms with Gasteiger partial charge in [-0.3, -0.25) is 4.57 Å². The highest BCUT2D eigenvalue weighted by molar-refractivity contribution is 7.98. The predicted octanol–water partition coefficient (Wildman–Crippen LogP) is 4.27. The number of benzene rings is 2. The Balaban J connectivity index is 1.92. The SMILES string of the molecule is CSc1nccc(-n2c(CC#N)cnc2-c2ccc3ccccc3c2)n1. The van der Waals surface area contributed by atoms with Gasteiger partial charge in [0, 0.05) is 11.8 Å². The Hall–Kier alpha value is -3.17. The van der Waals surface area contributed by atoms with Crippen LogP contribution in [0.2, 0.25) is 0 Å². The molecular formula is C20H15N5S. The van der Waals surface area contributed by atoms with E-state index in [2.05, 4.69) is 45.3 Å². The molecule has 0 saturated carbocycles. The van der Waals surface area contributed by atoms with Gasteiger partial charge in [-0.05, 0) is 29.2 Å². The van der Waals surface area contributed by atoms with Crippen LogP contribution < -0.4 is 0 Å². The standard InChI is InChI=1S/C20H15N5S/c1-26-20-22-11-9-18(24-20)25-17(8-10-21)13-23-19(25)16-7-6-14-4-2-3-5-15(14)12-16/h2-7,9,11-13H,8H2,1H3. The van der Waals surface area contributed by atoms with E-state index in [-0.39, 0.29) is 6.42 Å². The average molecular weight is 357 g/mol. The number of hydrogen-bond acceptors (Lipinski definition) is 5. The van der Waals surface area contributed by atoms with Gasteiger partial charge in [-0.15, -0.1) is 0 Å². The third kappa shape index (κ3) is 2.93. The van der Waals surface area contributed by atoms with Gasteiger partial charge in [0.05, 0.1) is 24.4 Å². The Kier molecular flexibility index (Phi) is 4.38. The van der Waals surface area contributed by atoms with Gasteiger partial charge in [0.2, 0.25) is 0 Å². The fourth-order valence-electron chi connectivity index (χ4n) is 2.94. The van der Waals surface area contributed by atoms with Crippen LogP contribution in [0.1, 0.15) is 5.69 Å². The second kappa shape index (κ2) is 6.98. The quantitative estimate of drug-likeness (QED) is 0.403. The predicted molar refractivity (Wildman–Crippen MR) is 103 cm³/mol. The van der Waals surface area contributed by atoms with Crippen LogP contribution in [0.25, 0.3) is 28.0 Å². The number of fused-ring (bicyclic) bond motifs is 1. The van der Waals surface area contributed by atoms with Crippen molar-refractivity contribution in [3.05, 3.63) is 66.6 Å². The van der Waals surface area contributed by atoms with E-state index in [1.165, 1.54) is 17.1 Å². The van der Waals surface area contributed by atoms with E-state index in [1.807, 2.05) is 35.1 Å². The topological polar surface area (TPSA) is 67.4 Å². The van der Waals surface area contributed by atoms with E-state index in [4.69, 9.17) is 0 Å². The number of aromatic nitrogens is 4. The molecule has 0 aliphatic heterocycles. The molecule has 0 saturated heterocycles. The number of thioether (sulfide) groups is 1. The lowest BCUT2D eigenvalue weighted by atomic mass is 10.1. The Bertz CT molecular complexity index is 1130. The summed E-state index contributed by atoms with van der Waals surface area (Å²) in [6.45, 7) is 0. The lowest BCUT2D eigenvalue weighted by molar-refractivity contribution is 0.868. The number of hydrogen-bond donors (Lipinski definition) is 0. The zero-order chi connectivity index (χ0) is 17.9. The Labute approximate surface area is 155 Å². The molecule has 0 fully saturated rings. The van der Waals surface area contributed by atoms with E-state index in [1.54, 1.807) is 12.4 Å². The Morgan fingerprint density at radius 2 is 1.92 bits per heavy atom. The molecule has 4 rings (SSSR count). The summed E-state index contributed by atoms with van der Waals surface area (Å²) >= 11 is 1.48. The van der Waals surface area contributed by atoms with Crippen molar-refractivity contribution < 1.29 is 0 Å². The lowest BCUT2D eigenvalue weighted by Crippen LogP contribution is -2.05. The molecule has 0 radical (unpaired) electrons. The Morgan fingerprint density at radius 1 is 1.08 bits per heavy atom. The number of rotatable bonds is 4. The molecule has 2 aromatic heterocycles. The molecule has 2 heterocycles. The van der Waals surface area contributed by atoms with Gasteiger partial charge in [-0.2, -0.15) is 5.26 Å². The first-order chi connectivity index (χ1) is 12.8. The zero-order valence-electron chi connectivity index (χ0n) is 14.1. The minimum absolute atomic E-state index is 0.263. The minimum Gasteiger partial charge on any atom is -0.280 e. The third-order valence-corrected chi connectivity index (χ3v) is 4.70. The summed E-state index contributed by atoms with van der Waals surface area (Å²) in [5.41, 5.74) is 1.79. The summed E-state index contributed by atoms with van der Waals surface area (Å²) in [6, 6.07) is 18.5.